The van der Waals surface area contributed by atoms with Crippen molar-refractivity contribution in [1.29, 1.82) is 0 Å². The lowest BCUT2D eigenvalue weighted by molar-refractivity contribution is 0.412. The van der Waals surface area contributed by atoms with Gasteiger partial charge in [0.25, 0.3) is 0 Å². The summed E-state index contributed by atoms with van der Waals surface area (Å²) >= 11 is 3.57. The molecule has 0 atom stereocenters. The van der Waals surface area contributed by atoms with Crippen LogP contribution in [0.25, 0.3) is 11.5 Å². The van der Waals surface area contributed by atoms with Gasteiger partial charge in [-0.25, -0.2) is 0 Å². The average Bonchev–Trinajstić information content (AvgIpc) is 2.85. The van der Waals surface area contributed by atoms with Gasteiger partial charge in [0, 0.05) is 16.4 Å². The van der Waals surface area contributed by atoms with Gasteiger partial charge in [0.05, 0.1) is 5.56 Å². The fraction of sp³-hybridized carbons (Fsp3) is 0.500. The SMILES string of the molecule is Cc1cccc(-c2nnc(CCCNC(C)(C)C)o2)c1Br. The molecule has 0 radical (unpaired) electrons. The van der Waals surface area contributed by atoms with Gasteiger partial charge in [-0.3, -0.25) is 0 Å². The number of halogens is 1. The summed E-state index contributed by atoms with van der Waals surface area (Å²) in [6, 6.07) is 6.02. The highest BCUT2D eigenvalue weighted by Gasteiger charge is 2.13. The minimum absolute atomic E-state index is 0.145. The highest BCUT2D eigenvalue weighted by atomic mass is 79.9. The van der Waals surface area contributed by atoms with Crippen molar-refractivity contribution in [2.45, 2.75) is 46.1 Å². The third-order valence-corrected chi connectivity index (χ3v) is 4.16. The van der Waals surface area contributed by atoms with E-state index in [1.165, 1.54) is 0 Å². The highest BCUT2D eigenvalue weighted by molar-refractivity contribution is 9.10. The lowest BCUT2D eigenvalue weighted by atomic mass is 10.1. The third-order valence-electron chi connectivity index (χ3n) is 3.11. The largest absolute Gasteiger partial charge is 0.421 e. The molecule has 5 heteroatoms. The Labute approximate surface area is 134 Å². The zero-order chi connectivity index (χ0) is 15.5. The van der Waals surface area contributed by atoms with Crippen LogP contribution in [0.4, 0.5) is 0 Å². The first-order chi connectivity index (χ1) is 9.87. The van der Waals surface area contributed by atoms with Crippen LogP contribution in [-0.2, 0) is 6.42 Å². The molecule has 0 spiro atoms. The van der Waals surface area contributed by atoms with Gasteiger partial charge in [-0.1, -0.05) is 12.1 Å². The number of aromatic nitrogens is 2. The van der Waals surface area contributed by atoms with E-state index in [-0.39, 0.29) is 5.54 Å². The van der Waals surface area contributed by atoms with E-state index in [0.29, 0.717) is 11.8 Å². The van der Waals surface area contributed by atoms with Gasteiger partial charge in [-0.2, -0.15) is 0 Å². The minimum atomic E-state index is 0.145. The van der Waals surface area contributed by atoms with E-state index >= 15 is 0 Å². The number of nitrogens with zero attached hydrogens (tertiary/aromatic N) is 2. The molecule has 1 aromatic carbocycles. The van der Waals surface area contributed by atoms with E-state index in [2.05, 4.69) is 52.2 Å². The van der Waals surface area contributed by atoms with Gasteiger partial charge in [0.15, 0.2) is 0 Å². The molecule has 0 saturated heterocycles. The summed E-state index contributed by atoms with van der Waals surface area (Å²) in [6.07, 6.45) is 1.77. The quantitative estimate of drug-likeness (QED) is 0.822. The van der Waals surface area contributed by atoms with E-state index in [1.54, 1.807) is 0 Å². The van der Waals surface area contributed by atoms with Crippen LogP contribution in [0.2, 0.25) is 0 Å². The summed E-state index contributed by atoms with van der Waals surface area (Å²) in [5.41, 5.74) is 2.25. The second-order valence-corrected chi connectivity index (χ2v) is 7.01. The number of hydrogen-bond donors (Lipinski definition) is 1. The van der Waals surface area contributed by atoms with Gasteiger partial charge in [0.1, 0.15) is 0 Å². The van der Waals surface area contributed by atoms with Crippen molar-refractivity contribution < 1.29 is 4.42 Å². The Bertz CT molecular complexity index is 602. The fourth-order valence-electron chi connectivity index (χ4n) is 1.98. The van der Waals surface area contributed by atoms with Crippen molar-refractivity contribution in [1.82, 2.24) is 15.5 Å². The van der Waals surface area contributed by atoms with Crippen molar-refractivity contribution in [3.63, 3.8) is 0 Å². The first-order valence-corrected chi connectivity index (χ1v) is 7.99. The Kier molecular flexibility index (Phi) is 5.17. The number of nitrogens with one attached hydrogen (secondary N) is 1. The molecule has 0 aliphatic rings. The van der Waals surface area contributed by atoms with Crippen LogP contribution in [0, 0.1) is 6.92 Å². The minimum Gasteiger partial charge on any atom is -0.421 e. The first kappa shape index (κ1) is 16.2. The molecule has 114 valence electrons. The molecule has 0 bridgehead atoms. The predicted octanol–water partition coefficient (Wildman–Crippen LogP) is 4.13. The Hall–Kier alpha value is -1.20. The summed E-state index contributed by atoms with van der Waals surface area (Å²) in [5.74, 6) is 1.26. The fourth-order valence-corrected chi connectivity index (χ4v) is 2.41. The molecule has 4 nitrogen and oxygen atoms in total. The maximum atomic E-state index is 5.76. The Morgan fingerprint density at radius 3 is 2.71 bits per heavy atom. The molecule has 1 heterocycles. The normalized spacial score (nSPS) is 11.9. The second-order valence-electron chi connectivity index (χ2n) is 6.22. The lowest BCUT2D eigenvalue weighted by Crippen LogP contribution is -2.36. The topological polar surface area (TPSA) is 51.0 Å². The van der Waals surface area contributed by atoms with E-state index in [0.717, 1.165) is 35.0 Å². The Morgan fingerprint density at radius 2 is 2.00 bits per heavy atom. The van der Waals surface area contributed by atoms with Gasteiger partial charge in [-0.05, 0) is 68.2 Å². The van der Waals surface area contributed by atoms with Crippen molar-refractivity contribution in [2.24, 2.45) is 0 Å². The summed E-state index contributed by atoms with van der Waals surface area (Å²) < 4.78 is 6.77. The van der Waals surface area contributed by atoms with Crippen LogP contribution < -0.4 is 5.32 Å². The molecule has 0 aliphatic heterocycles. The monoisotopic (exact) mass is 351 g/mol. The predicted molar refractivity (Wildman–Crippen MR) is 88.2 cm³/mol. The van der Waals surface area contributed by atoms with Crippen molar-refractivity contribution in [2.75, 3.05) is 6.54 Å². The second kappa shape index (κ2) is 6.71. The zero-order valence-corrected chi connectivity index (χ0v) is 14.6. The summed E-state index contributed by atoms with van der Waals surface area (Å²) in [7, 11) is 0. The molecule has 0 unspecified atom stereocenters. The third kappa shape index (κ3) is 4.64. The molecule has 0 saturated carbocycles. The van der Waals surface area contributed by atoms with Crippen LogP contribution in [0.15, 0.2) is 27.1 Å². The molecule has 21 heavy (non-hydrogen) atoms. The van der Waals surface area contributed by atoms with Gasteiger partial charge < -0.3 is 9.73 Å². The van der Waals surface area contributed by atoms with Gasteiger partial charge >= 0.3 is 0 Å². The molecule has 1 N–H and O–H groups in total. The molecule has 1 aromatic heterocycles. The Morgan fingerprint density at radius 1 is 1.24 bits per heavy atom. The smallest absolute Gasteiger partial charge is 0.248 e. The van der Waals surface area contributed by atoms with E-state index < -0.39 is 0 Å². The van der Waals surface area contributed by atoms with E-state index in [9.17, 15) is 0 Å². The highest BCUT2D eigenvalue weighted by Crippen LogP contribution is 2.29. The molecular weight excluding hydrogens is 330 g/mol. The molecule has 2 aromatic rings. The lowest BCUT2D eigenvalue weighted by Gasteiger charge is -2.19. The van der Waals surface area contributed by atoms with E-state index in [4.69, 9.17) is 4.42 Å². The van der Waals surface area contributed by atoms with Gasteiger partial charge in [-0.15, -0.1) is 10.2 Å². The van der Waals surface area contributed by atoms with Crippen LogP contribution >= 0.6 is 15.9 Å². The van der Waals surface area contributed by atoms with Crippen molar-refractivity contribution in [3.8, 4) is 11.5 Å². The molecule has 2 rings (SSSR count). The van der Waals surface area contributed by atoms with Crippen molar-refractivity contribution in [3.05, 3.63) is 34.1 Å². The standard InChI is InChI=1S/C16H22BrN3O/c1-11-7-5-8-12(14(11)17)15-20-19-13(21-15)9-6-10-18-16(2,3)4/h5,7-8,18H,6,9-10H2,1-4H3. The molecular formula is C16H22BrN3O. The summed E-state index contributed by atoms with van der Waals surface area (Å²) in [6.45, 7) is 9.46. The summed E-state index contributed by atoms with van der Waals surface area (Å²) in [5, 5.41) is 11.7. The van der Waals surface area contributed by atoms with Crippen LogP contribution in [-0.4, -0.2) is 22.3 Å². The first-order valence-electron chi connectivity index (χ1n) is 7.20. The number of hydrogen-bond acceptors (Lipinski definition) is 4. The van der Waals surface area contributed by atoms with Crippen molar-refractivity contribution >= 4 is 15.9 Å². The van der Waals surface area contributed by atoms with E-state index in [1.807, 2.05) is 25.1 Å². The average molecular weight is 352 g/mol. The summed E-state index contributed by atoms with van der Waals surface area (Å²) in [4.78, 5) is 0. The number of benzene rings is 1. The van der Waals surface area contributed by atoms with Crippen LogP contribution in [0.1, 0.15) is 38.6 Å². The maximum Gasteiger partial charge on any atom is 0.248 e. The Balaban J connectivity index is 1.97. The zero-order valence-electron chi connectivity index (χ0n) is 13.0. The molecule has 0 fully saturated rings. The van der Waals surface area contributed by atoms with Gasteiger partial charge in [0.2, 0.25) is 11.8 Å². The van der Waals surface area contributed by atoms with Crippen LogP contribution in [0.5, 0.6) is 0 Å². The number of aryl methyl sites for hydroxylation is 2. The number of rotatable bonds is 5. The maximum absolute atomic E-state index is 5.76. The molecule has 0 aliphatic carbocycles. The van der Waals surface area contributed by atoms with Crippen LogP contribution in [0.3, 0.4) is 0 Å². The molecule has 0 amide bonds.